The molecule has 1 N–H and O–H groups in total. The molecule has 0 aromatic carbocycles. The lowest BCUT2D eigenvalue weighted by Gasteiger charge is -2.53. The van der Waals surface area contributed by atoms with E-state index in [0.29, 0.717) is 29.6 Å². The van der Waals surface area contributed by atoms with Crippen LogP contribution in [0.15, 0.2) is 46.3 Å². The standard InChI is InChI=1S/C29H34O9/c1-15(30)37-21-7-6-17-18(29(4)19(12-22(32)35-5)28(21,3)13-20(29)31)8-10-27(2)23(17)24(33)26(34)38-25(27)16-9-11-36-14-16/h6-7,9,11,14,18-19,21,24-25,33H,8,10,12-13H2,1-5H3/b7-6-/t18-,19+,21+,24+,25-,27+,28+,29+/m0/s1. The highest BCUT2D eigenvalue weighted by molar-refractivity contribution is 5.91. The number of hydrogen-bond donors (Lipinski definition) is 1. The van der Waals surface area contributed by atoms with Crippen LogP contribution in [0.2, 0.25) is 0 Å². The minimum absolute atomic E-state index is 0.0283. The van der Waals surface area contributed by atoms with Crippen molar-refractivity contribution in [2.75, 3.05) is 7.11 Å². The van der Waals surface area contributed by atoms with Gasteiger partial charge in [-0.3, -0.25) is 14.4 Å². The maximum Gasteiger partial charge on any atom is 0.339 e. The average Bonchev–Trinajstić information content (AvgIpc) is 3.46. The molecule has 5 rings (SSSR count). The van der Waals surface area contributed by atoms with Crippen molar-refractivity contribution >= 4 is 23.7 Å². The lowest BCUT2D eigenvalue weighted by Crippen LogP contribution is -2.53. The number of ketones is 1. The molecule has 38 heavy (non-hydrogen) atoms. The number of furan rings is 1. The third-order valence-electron chi connectivity index (χ3n) is 9.79. The quantitative estimate of drug-likeness (QED) is 0.462. The monoisotopic (exact) mass is 526 g/mol. The number of methoxy groups -OCH3 is 1. The number of carbonyl (C=O) groups is 4. The van der Waals surface area contributed by atoms with Crippen LogP contribution in [-0.2, 0) is 33.4 Å². The zero-order valence-electron chi connectivity index (χ0n) is 22.3. The second kappa shape index (κ2) is 8.93. The molecule has 2 bridgehead atoms. The van der Waals surface area contributed by atoms with Crippen molar-refractivity contribution in [3.63, 3.8) is 0 Å². The van der Waals surface area contributed by atoms with Crippen LogP contribution in [0.5, 0.6) is 0 Å². The highest BCUT2D eigenvalue weighted by Crippen LogP contribution is 2.66. The van der Waals surface area contributed by atoms with Gasteiger partial charge in [0.25, 0.3) is 0 Å². The predicted molar refractivity (Wildman–Crippen MR) is 132 cm³/mol. The Morgan fingerprint density at radius 3 is 2.58 bits per heavy atom. The number of hydrogen-bond acceptors (Lipinski definition) is 9. The largest absolute Gasteiger partial charge is 0.472 e. The smallest absolute Gasteiger partial charge is 0.339 e. The van der Waals surface area contributed by atoms with Gasteiger partial charge in [-0.15, -0.1) is 0 Å². The van der Waals surface area contributed by atoms with Gasteiger partial charge in [-0.2, -0.15) is 0 Å². The third kappa shape index (κ3) is 3.61. The Balaban J connectivity index is 1.76. The molecule has 8 atom stereocenters. The number of Topliss-reactive ketones (excluding diaryl/α,β-unsaturated/α-hetero) is 1. The van der Waals surface area contributed by atoms with Crippen molar-refractivity contribution in [3.05, 3.63) is 47.5 Å². The maximum atomic E-state index is 14.0. The van der Waals surface area contributed by atoms with E-state index in [1.165, 1.54) is 26.6 Å². The van der Waals surface area contributed by atoms with E-state index in [1.54, 1.807) is 12.1 Å². The molecular formula is C29H34O9. The van der Waals surface area contributed by atoms with Crippen LogP contribution in [0, 0.1) is 28.1 Å². The molecule has 2 fully saturated rings. The molecule has 0 spiro atoms. The van der Waals surface area contributed by atoms with Crippen LogP contribution in [0.1, 0.15) is 65.0 Å². The molecule has 2 heterocycles. The van der Waals surface area contributed by atoms with Gasteiger partial charge in [-0.25, -0.2) is 4.79 Å². The van der Waals surface area contributed by atoms with Crippen LogP contribution in [0.4, 0.5) is 0 Å². The summed E-state index contributed by atoms with van der Waals surface area (Å²) in [4.78, 5) is 51.8. The van der Waals surface area contributed by atoms with E-state index < -0.39 is 58.4 Å². The van der Waals surface area contributed by atoms with E-state index in [9.17, 15) is 24.3 Å². The van der Waals surface area contributed by atoms with Gasteiger partial charge in [0, 0.05) is 41.6 Å². The van der Waals surface area contributed by atoms with Gasteiger partial charge in [0.15, 0.2) is 6.10 Å². The second-order valence-electron chi connectivity index (χ2n) is 11.8. The molecule has 1 saturated heterocycles. The first-order valence-electron chi connectivity index (χ1n) is 13.0. The Bertz CT molecular complexity index is 1240. The molecular weight excluding hydrogens is 492 g/mol. The summed E-state index contributed by atoms with van der Waals surface area (Å²) in [5.74, 6) is -2.67. The fourth-order valence-corrected chi connectivity index (χ4v) is 7.85. The van der Waals surface area contributed by atoms with Gasteiger partial charge in [0.2, 0.25) is 0 Å². The van der Waals surface area contributed by atoms with Gasteiger partial charge in [-0.1, -0.05) is 26.8 Å². The molecule has 0 amide bonds. The Morgan fingerprint density at radius 1 is 1.21 bits per heavy atom. The fraction of sp³-hybridized carbons (Fsp3) is 0.586. The predicted octanol–water partition coefficient (Wildman–Crippen LogP) is 3.62. The van der Waals surface area contributed by atoms with Crippen LogP contribution < -0.4 is 0 Å². The van der Waals surface area contributed by atoms with E-state index >= 15 is 0 Å². The Hall–Kier alpha value is -3.20. The number of esters is 3. The topological polar surface area (TPSA) is 129 Å². The molecule has 9 nitrogen and oxygen atoms in total. The Labute approximate surface area is 221 Å². The first-order chi connectivity index (χ1) is 17.9. The molecule has 4 aliphatic rings. The number of rotatable bonds is 4. The summed E-state index contributed by atoms with van der Waals surface area (Å²) in [5, 5.41) is 11.3. The summed E-state index contributed by atoms with van der Waals surface area (Å²) in [6.07, 6.45) is 4.74. The lowest BCUT2D eigenvalue weighted by molar-refractivity contribution is -0.175. The molecule has 204 valence electrons. The van der Waals surface area contributed by atoms with Crippen LogP contribution in [0.3, 0.4) is 0 Å². The molecule has 0 unspecified atom stereocenters. The SMILES string of the molecule is COC(=O)C[C@@H]1[C@@]2(C)CC(=O)[C@]1(C)[C@H]1CC[C@]3(C)C(=C1/C=C\[C@H]2OC(C)=O)[C@@H](O)C(=O)O[C@H]3c1ccoc1. The normalized spacial score (nSPS) is 40.8. The van der Waals surface area contributed by atoms with E-state index in [4.69, 9.17) is 18.6 Å². The number of allylic oxidation sites excluding steroid dienone is 2. The van der Waals surface area contributed by atoms with Gasteiger partial charge >= 0.3 is 17.9 Å². The summed E-state index contributed by atoms with van der Waals surface area (Å²) >= 11 is 0. The van der Waals surface area contributed by atoms with Gasteiger partial charge in [0.05, 0.1) is 19.6 Å². The zero-order valence-corrected chi connectivity index (χ0v) is 22.3. The highest BCUT2D eigenvalue weighted by Gasteiger charge is 2.67. The number of carbonyl (C=O) groups excluding carboxylic acids is 4. The summed E-state index contributed by atoms with van der Waals surface area (Å²) in [6, 6.07) is 1.74. The molecule has 1 saturated carbocycles. The molecule has 0 radical (unpaired) electrons. The van der Waals surface area contributed by atoms with Gasteiger partial charge < -0.3 is 23.7 Å². The van der Waals surface area contributed by atoms with Crippen molar-refractivity contribution < 1.29 is 42.9 Å². The molecule has 3 aliphatic carbocycles. The van der Waals surface area contributed by atoms with Crippen LogP contribution in [0.25, 0.3) is 0 Å². The number of aliphatic hydroxyl groups is 1. The minimum Gasteiger partial charge on any atom is -0.472 e. The first kappa shape index (κ1) is 26.4. The van der Waals surface area contributed by atoms with Crippen molar-refractivity contribution in [3.8, 4) is 0 Å². The van der Waals surface area contributed by atoms with Crippen molar-refractivity contribution in [2.45, 2.75) is 71.7 Å². The molecule has 1 aromatic heterocycles. The van der Waals surface area contributed by atoms with E-state index in [2.05, 4.69) is 0 Å². The summed E-state index contributed by atoms with van der Waals surface area (Å²) in [6.45, 7) is 7.01. The van der Waals surface area contributed by atoms with Gasteiger partial charge in [0.1, 0.15) is 18.0 Å². The lowest BCUT2D eigenvalue weighted by atomic mass is 9.52. The summed E-state index contributed by atoms with van der Waals surface area (Å²) < 4.78 is 21.8. The number of aliphatic hydroxyl groups excluding tert-OH is 1. The van der Waals surface area contributed by atoms with E-state index in [1.807, 2.05) is 26.8 Å². The fourth-order valence-electron chi connectivity index (χ4n) is 7.85. The Kier molecular flexibility index (Phi) is 6.21. The van der Waals surface area contributed by atoms with E-state index in [0.717, 1.165) is 0 Å². The van der Waals surface area contributed by atoms with Crippen molar-refractivity contribution in [2.24, 2.45) is 28.1 Å². The second-order valence-corrected chi connectivity index (χ2v) is 11.8. The van der Waals surface area contributed by atoms with Crippen molar-refractivity contribution in [1.82, 2.24) is 0 Å². The number of fused-ring (bicyclic) bond motifs is 5. The number of ether oxygens (including phenoxy) is 3. The number of cyclic esters (lactones) is 1. The van der Waals surface area contributed by atoms with E-state index in [-0.39, 0.29) is 24.5 Å². The van der Waals surface area contributed by atoms with Crippen LogP contribution in [-0.4, -0.2) is 48.1 Å². The Morgan fingerprint density at radius 2 is 1.95 bits per heavy atom. The molecule has 9 heteroatoms. The third-order valence-corrected chi connectivity index (χ3v) is 9.79. The maximum absolute atomic E-state index is 14.0. The zero-order chi connectivity index (χ0) is 27.6. The average molecular weight is 527 g/mol. The van der Waals surface area contributed by atoms with Gasteiger partial charge in [-0.05, 0) is 48.0 Å². The first-order valence-corrected chi connectivity index (χ1v) is 13.0. The molecule has 1 aliphatic heterocycles. The molecule has 1 aromatic rings. The summed E-state index contributed by atoms with van der Waals surface area (Å²) in [7, 11) is 1.31. The summed E-state index contributed by atoms with van der Waals surface area (Å²) in [5.41, 5.74) is -0.817. The minimum atomic E-state index is -1.53. The highest BCUT2D eigenvalue weighted by atomic mass is 16.6. The van der Waals surface area contributed by atoms with Crippen LogP contribution >= 0.6 is 0 Å². The van der Waals surface area contributed by atoms with Crippen molar-refractivity contribution in [1.29, 1.82) is 0 Å².